The van der Waals surface area contributed by atoms with Crippen LogP contribution < -0.4 is 5.32 Å². The molecule has 3 nitrogen and oxygen atoms in total. The van der Waals surface area contributed by atoms with E-state index in [1.807, 2.05) is 6.07 Å². The average molecular weight is 267 g/mol. The molecule has 18 heavy (non-hydrogen) atoms. The first kappa shape index (κ1) is 13.6. The van der Waals surface area contributed by atoms with Crippen molar-refractivity contribution in [3.05, 3.63) is 21.4 Å². The van der Waals surface area contributed by atoms with Crippen molar-refractivity contribution in [3.63, 3.8) is 0 Å². The Hall–Kier alpha value is -0.870. The van der Waals surface area contributed by atoms with Crippen LogP contribution in [0.2, 0.25) is 0 Å². The van der Waals surface area contributed by atoms with Crippen molar-refractivity contribution in [2.45, 2.75) is 45.6 Å². The van der Waals surface area contributed by atoms with Gasteiger partial charge in [-0.2, -0.15) is 0 Å². The van der Waals surface area contributed by atoms with E-state index in [2.05, 4.69) is 19.2 Å². The van der Waals surface area contributed by atoms with E-state index in [4.69, 9.17) is 0 Å². The number of amides is 1. The topological polar surface area (TPSA) is 49.3 Å². The Kier molecular flexibility index (Phi) is 4.40. The second-order valence-electron chi connectivity index (χ2n) is 5.02. The number of rotatable bonds is 4. The molecule has 1 aromatic heterocycles. The van der Waals surface area contributed by atoms with Crippen LogP contribution in [0.3, 0.4) is 0 Å². The fourth-order valence-electron chi connectivity index (χ4n) is 2.67. The molecule has 1 heterocycles. The smallest absolute Gasteiger partial charge is 0.261 e. The first-order valence-electron chi connectivity index (χ1n) is 6.66. The van der Waals surface area contributed by atoms with E-state index in [0.29, 0.717) is 0 Å². The number of aryl methyl sites for hydroxylation is 2. The molecule has 4 heteroatoms. The lowest BCUT2D eigenvalue weighted by molar-refractivity contribution is 0.0920. The Morgan fingerprint density at radius 3 is 2.94 bits per heavy atom. The summed E-state index contributed by atoms with van der Waals surface area (Å²) in [6.07, 6.45) is 4.08. The second kappa shape index (κ2) is 5.85. The van der Waals surface area contributed by atoms with Crippen LogP contribution in [0.25, 0.3) is 0 Å². The van der Waals surface area contributed by atoms with E-state index >= 15 is 0 Å². The number of carbonyl (C=O) groups is 1. The van der Waals surface area contributed by atoms with Gasteiger partial charge in [0.25, 0.3) is 5.91 Å². The molecule has 1 aromatic rings. The third-order valence-electron chi connectivity index (χ3n) is 3.78. The summed E-state index contributed by atoms with van der Waals surface area (Å²) in [4.78, 5) is 14.2. The molecule has 1 aliphatic rings. The highest BCUT2D eigenvalue weighted by atomic mass is 32.1. The van der Waals surface area contributed by atoms with Crippen molar-refractivity contribution in [1.29, 1.82) is 0 Å². The normalized spacial score (nSPS) is 23.3. The van der Waals surface area contributed by atoms with Crippen molar-refractivity contribution in [3.8, 4) is 0 Å². The molecule has 1 fully saturated rings. The van der Waals surface area contributed by atoms with E-state index in [1.54, 1.807) is 11.3 Å². The molecule has 1 saturated carbocycles. The molecule has 0 spiro atoms. The minimum Gasteiger partial charge on any atom is -0.396 e. The van der Waals surface area contributed by atoms with Crippen LogP contribution in [0.5, 0.6) is 0 Å². The summed E-state index contributed by atoms with van der Waals surface area (Å²) in [5, 5.41) is 12.3. The lowest BCUT2D eigenvalue weighted by atomic mass is 10.1. The van der Waals surface area contributed by atoms with Crippen molar-refractivity contribution >= 4 is 17.2 Å². The number of nitrogens with one attached hydrogen (secondary N) is 1. The molecular weight excluding hydrogens is 246 g/mol. The first-order chi connectivity index (χ1) is 8.65. The maximum Gasteiger partial charge on any atom is 0.261 e. The van der Waals surface area contributed by atoms with Gasteiger partial charge >= 0.3 is 0 Å². The fourth-order valence-corrected chi connectivity index (χ4v) is 3.68. The predicted molar refractivity (Wildman–Crippen MR) is 74.1 cm³/mol. The van der Waals surface area contributed by atoms with E-state index in [-0.39, 0.29) is 24.5 Å². The maximum absolute atomic E-state index is 12.2. The summed E-state index contributed by atoms with van der Waals surface area (Å²) in [6.45, 7) is 4.34. The number of hydrogen-bond acceptors (Lipinski definition) is 3. The number of aliphatic hydroxyl groups is 1. The van der Waals surface area contributed by atoms with Crippen LogP contribution in [0.4, 0.5) is 0 Å². The van der Waals surface area contributed by atoms with Gasteiger partial charge in [0, 0.05) is 23.4 Å². The molecule has 1 aliphatic carbocycles. The molecule has 0 radical (unpaired) electrons. The lowest BCUT2D eigenvalue weighted by Gasteiger charge is -2.18. The van der Waals surface area contributed by atoms with Gasteiger partial charge in [0.15, 0.2) is 0 Å². The summed E-state index contributed by atoms with van der Waals surface area (Å²) in [5.41, 5.74) is 1.21. The van der Waals surface area contributed by atoms with Crippen LogP contribution in [0, 0.1) is 12.8 Å². The molecule has 100 valence electrons. The average Bonchev–Trinajstić information content (AvgIpc) is 2.95. The van der Waals surface area contributed by atoms with Gasteiger partial charge in [-0.1, -0.05) is 13.3 Å². The third kappa shape index (κ3) is 2.75. The van der Waals surface area contributed by atoms with Gasteiger partial charge in [0.2, 0.25) is 0 Å². The van der Waals surface area contributed by atoms with Gasteiger partial charge in [-0.3, -0.25) is 4.79 Å². The highest BCUT2D eigenvalue weighted by molar-refractivity contribution is 7.14. The number of thiophene rings is 1. The minimum atomic E-state index is 0.0214. The van der Waals surface area contributed by atoms with Crippen molar-refractivity contribution in [2.75, 3.05) is 6.61 Å². The van der Waals surface area contributed by atoms with E-state index in [0.717, 1.165) is 30.6 Å². The van der Waals surface area contributed by atoms with Gasteiger partial charge < -0.3 is 10.4 Å². The van der Waals surface area contributed by atoms with Crippen LogP contribution in [-0.2, 0) is 6.42 Å². The van der Waals surface area contributed by atoms with E-state index < -0.39 is 0 Å². The monoisotopic (exact) mass is 267 g/mol. The summed E-state index contributed by atoms with van der Waals surface area (Å²) in [6, 6.07) is 2.12. The zero-order valence-electron chi connectivity index (χ0n) is 11.0. The zero-order valence-corrected chi connectivity index (χ0v) is 11.8. The third-order valence-corrected chi connectivity index (χ3v) is 5.16. The Morgan fingerprint density at radius 2 is 2.33 bits per heavy atom. The summed E-state index contributed by atoms with van der Waals surface area (Å²) in [7, 11) is 0. The minimum absolute atomic E-state index is 0.0214. The molecule has 0 aliphatic heterocycles. The highest BCUT2D eigenvalue weighted by Crippen LogP contribution is 2.27. The molecule has 2 atom stereocenters. The van der Waals surface area contributed by atoms with E-state index in [9.17, 15) is 9.90 Å². The lowest BCUT2D eigenvalue weighted by Crippen LogP contribution is -2.38. The SMILES string of the molecule is CCc1sc(C(=O)NC2CCCC2CO)cc1C. The summed E-state index contributed by atoms with van der Waals surface area (Å²) >= 11 is 1.59. The Morgan fingerprint density at radius 1 is 1.56 bits per heavy atom. The molecule has 1 amide bonds. The number of aliphatic hydroxyl groups excluding tert-OH is 1. The largest absolute Gasteiger partial charge is 0.396 e. The maximum atomic E-state index is 12.2. The molecular formula is C14H21NO2S. The highest BCUT2D eigenvalue weighted by Gasteiger charge is 2.28. The van der Waals surface area contributed by atoms with Gasteiger partial charge in [0.05, 0.1) is 4.88 Å². The van der Waals surface area contributed by atoms with Crippen LogP contribution in [0.15, 0.2) is 6.07 Å². The molecule has 2 unspecified atom stereocenters. The second-order valence-corrected chi connectivity index (χ2v) is 6.16. The summed E-state index contributed by atoms with van der Waals surface area (Å²) < 4.78 is 0. The number of carbonyl (C=O) groups excluding carboxylic acids is 1. The molecule has 0 bridgehead atoms. The molecule has 2 rings (SSSR count). The fraction of sp³-hybridized carbons (Fsp3) is 0.643. The van der Waals surface area contributed by atoms with Crippen LogP contribution in [0.1, 0.15) is 46.3 Å². The quantitative estimate of drug-likeness (QED) is 0.880. The first-order valence-corrected chi connectivity index (χ1v) is 7.48. The van der Waals surface area contributed by atoms with Gasteiger partial charge in [0.1, 0.15) is 0 Å². The molecule has 0 aromatic carbocycles. The van der Waals surface area contributed by atoms with Gasteiger partial charge in [-0.15, -0.1) is 11.3 Å². The van der Waals surface area contributed by atoms with E-state index in [1.165, 1.54) is 10.4 Å². The molecule has 0 saturated heterocycles. The van der Waals surface area contributed by atoms with Gasteiger partial charge in [-0.05, 0) is 37.8 Å². The van der Waals surface area contributed by atoms with Crippen molar-refractivity contribution in [2.24, 2.45) is 5.92 Å². The zero-order chi connectivity index (χ0) is 13.1. The van der Waals surface area contributed by atoms with Crippen LogP contribution >= 0.6 is 11.3 Å². The Balaban J connectivity index is 2.02. The van der Waals surface area contributed by atoms with Gasteiger partial charge in [-0.25, -0.2) is 0 Å². The number of hydrogen-bond donors (Lipinski definition) is 2. The van der Waals surface area contributed by atoms with Crippen molar-refractivity contribution < 1.29 is 9.90 Å². The van der Waals surface area contributed by atoms with Crippen LogP contribution in [-0.4, -0.2) is 23.7 Å². The Bertz CT molecular complexity index is 427. The Labute approximate surface area is 112 Å². The van der Waals surface area contributed by atoms with Crippen molar-refractivity contribution in [1.82, 2.24) is 5.32 Å². The standard InChI is InChI=1S/C14H21NO2S/c1-3-12-9(2)7-13(18-12)14(17)15-11-6-4-5-10(11)8-16/h7,10-11,16H,3-6,8H2,1-2H3,(H,15,17). The molecule has 2 N–H and O–H groups in total. The summed E-state index contributed by atoms with van der Waals surface area (Å²) in [5.74, 6) is 0.258. The predicted octanol–water partition coefficient (Wildman–Crippen LogP) is 2.51.